The first-order chi connectivity index (χ1) is 8.08. The summed E-state index contributed by atoms with van der Waals surface area (Å²) in [7, 11) is 0. The highest BCUT2D eigenvalue weighted by Crippen LogP contribution is 2.28. The largest absolute Gasteiger partial charge is 0.595 e. The van der Waals surface area contributed by atoms with Crippen LogP contribution in [0.25, 0.3) is 11.1 Å². The summed E-state index contributed by atoms with van der Waals surface area (Å²) >= 11 is 0. The number of hydrogen-bond acceptors (Lipinski definition) is 4. The van der Waals surface area contributed by atoms with Crippen molar-refractivity contribution in [1.29, 1.82) is 0 Å². The lowest BCUT2D eigenvalue weighted by Crippen LogP contribution is -2.99. The van der Waals surface area contributed by atoms with Gasteiger partial charge in [-0.25, -0.2) is 5.21 Å². The van der Waals surface area contributed by atoms with Crippen LogP contribution in [0.15, 0.2) is 42.5 Å². The Morgan fingerprint density at radius 1 is 0.882 bits per heavy atom. The van der Waals surface area contributed by atoms with Crippen LogP contribution in [-0.4, -0.2) is 15.4 Å². The smallest absolute Gasteiger partial charge is 0.206 e. The van der Waals surface area contributed by atoms with Gasteiger partial charge in [-0.2, -0.15) is 5.23 Å². The topological polar surface area (TPSA) is 88.2 Å². The Hall–Kier alpha value is -2.08. The maximum atomic E-state index is 10.9. The molecule has 17 heavy (non-hydrogen) atoms. The number of aromatic hydroxyl groups is 2. The highest BCUT2D eigenvalue weighted by molar-refractivity contribution is 5.68. The molecule has 0 saturated carbocycles. The predicted octanol–water partition coefficient (Wildman–Crippen LogP) is 1.17. The number of nitrogens with one attached hydrogen (secondary N) is 1. The van der Waals surface area contributed by atoms with Crippen molar-refractivity contribution in [3.05, 3.63) is 47.7 Å². The van der Waals surface area contributed by atoms with Crippen molar-refractivity contribution in [3.63, 3.8) is 0 Å². The maximum Gasteiger partial charge on any atom is 0.206 e. The molecular formula is C12H11NO4. The predicted molar refractivity (Wildman–Crippen MR) is 61.0 cm³/mol. The van der Waals surface area contributed by atoms with Crippen LogP contribution in [0.5, 0.6) is 11.5 Å². The fourth-order valence-corrected chi connectivity index (χ4v) is 1.54. The highest BCUT2D eigenvalue weighted by atomic mass is 16.8. The number of phenols is 2. The van der Waals surface area contributed by atoms with Crippen LogP contribution >= 0.6 is 0 Å². The van der Waals surface area contributed by atoms with Crippen molar-refractivity contribution >= 4 is 5.69 Å². The third-order valence-electron chi connectivity index (χ3n) is 2.43. The zero-order valence-corrected chi connectivity index (χ0v) is 8.79. The van der Waals surface area contributed by atoms with Crippen molar-refractivity contribution in [2.24, 2.45) is 0 Å². The van der Waals surface area contributed by atoms with Gasteiger partial charge in [0, 0.05) is 6.07 Å². The van der Waals surface area contributed by atoms with Gasteiger partial charge in [0.25, 0.3) is 0 Å². The molecule has 2 aromatic carbocycles. The quantitative estimate of drug-likeness (QED) is 0.463. The average molecular weight is 233 g/mol. The van der Waals surface area contributed by atoms with Crippen molar-refractivity contribution < 1.29 is 20.6 Å². The van der Waals surface area contributed by atoms with Crippen molar-refractivity contribution in [2.75, 3.05) is 0 Å². The van der Waals surface area contributed by atoms with E-state index in [1.165, 1.54) is 24.3 Å². The standard InChI is InChI=1S/C12H11NO4/c14-10-4-1-8(2-5-10)9-3-6-12(15)11(7-9)13(16)17/h1-7,13-16H. The zero-order chi connectivity index (χ0) is 12.4. The third kappa shape index (κ3) is 2.36. The molecule has 2 aromatic rings. The molecule has 0 fully saturated rings. The lowest BCUT2D eigenvalue weighted by molar-refractivity contribution is -0.991. The molecule has 5 nitrogen and oxygen atoms in total. The summed E-state index contributed by atoms with van der Waals surface area (Å²) in [5.41, 5.74) is 1.29. The van der Waals surface area contributed by atoms with Gasteiger partial charge in [-0.15, -0.1) is 0 Å². The lowest BCUT2D eigenvalue weighted by Gasteiger charge is -2.14. The molecule has 0 aromatic heterocycles. The van der Waals surface area contributed by atoms with Crippen LogP contribution in [0.2, 0.25) is 0 Å². The van der Waals surface area contributed by atoms with Gasteiger partial charge in [-0.1, -0.05) is 18.2 Å². The van der Waals surface area contributed by atoms with Crippen LogP contribution in [-0.2, 0) is 0 Å². The summed E-state index contributed by atoms with van der Waals surface area (Å²) in [5, 5.41) is 37.1. The summed E-state index contributed by atoms with van der Waals surface area (Å²) in [4.78, 5) is 0. The van der Waals surface area contributed by atoms with E-state index in [9.17, 15) is 10.3 Å². The zero-order valence-electron chi connectivity index (χ0n) is 8.79. The number of phenolic OH excluding ortho intramolecular Hbond substituents is 2. The first-order valence-corrected chi connectivity index (χ1v) is 4.93. The number of hydrogen-bond donors (Lipinski definition) is 4. The summed E-state index contributed by atoms with van der Waals surface area (Å²) in [5.74, 6) is -0.119. The monoisotopic (exact) mass is 233 g/mol. The summed E-state index contributed by atoms with van der Waals surface area (Å²) in [6.45, 7) is 0. The molecular weight excluding hydrogens is 222 g/mol. The fraction of sp³-hybridized carbons (Fsp3) is 0. The first kappa shape index (κ1) is 11.4. The number of rotatable bonds is 2. The van der Waals surface area contributed by atoms with E-state index >= 15 is 0 Å². The molecule has 0 radical (unpaired) electrons. The summed E-state index contributed by atoms with van der Waals surface area (Å²) < 4.78 is 0. The van der Waals surface area contributed by atoms with E-state index < -0.39 is 5.23 Å². The second-order valence-corrected chi connectivity index (χ2v) is 3.58. The van der Waals surface area contributed by atoms with Crippen LogP contribution in [0.3, 0.4) is 0 Å². The molecule has 1 unspecified atom stereocenters. The van der Waals surface area contributed by atoms with Gasteiger partial charge in [0.2, 0.25) is 5.69 Å². The molecule has 88 valence electrons. The van der Waals surface area contributed by atoms with E-state index in [4.69, 9.17) is 10.3 Å². The van der Waals surface area contributed by atoms with Gasteiger partial charge >= 0.3 is 0 Å². The van der Waals surface area contributed by atoms with Gasteiger partial charge < -0.3 is 15.4 Å². The Kier molecular flexibility index (Phi) is 2.97. The molecule has 0 aliphatic carbocycles. The van der Waals surface area contributed by atoms with Crippen LogP contribution in [0.4, 0.5) is 5.69 Å². The van der Waals surface area contributed by atoms with Crippen LogP contribution in [0, 0.1) is 5.21 Å². The second kappa shape index (κ2) is 4.42. The first-order valence-electron chi connectivity index (χ1n) is 4.93. The number of benzene rings is 2. The Labute approximate surface area is 97.3 Å². The maximum absolute atomic E-state index is 10.9. The second-order valence-electron chi connectivity index (χ2n) is 3.58. The van der Waals surface area contributed by atoms with Crippen LogP contribution < -0.4 is 5.23 Å². The minimum atomic E-state index is -1.18. The molecule has 0 saturated heterocycles. The van der Waals surface area contributed by atoms with Crippen molar-refractivity contribution in [1.82, 2.24) is 0 Å². The third-order valence-corrected chi connectivity index (χ3v) is 2.43. The van der Waals surface area contributed by atoms with Gasteiger partial charge in [-0.05, 0) is 29.3 Å². The molecule has 2 rings (SSSR count). The average Bonchev–Trinajstić information content (AvgIpc) is 2.30. The van der Waals surface area contributed by atoms with E-state index in [0.717, 1.165) is 5.56 Å². The fourth-order valence-electron chi connectivity index (χ4n) is 1.54. The van der Waals surface area contributed by atoms with E-state index in [1.54, 1.807) is 18.2 Å². The number of quaternary nitrogens is 1. The van der Waals surface area contributed by atoms with Gasteiger partial charge in [0.05, 0.1) is 0 Å². The molecule has 0 aliphatic rings. The van der Waals surface area contributed by atoms with Gasteiger partial charge in [0.1, 0.15) is 5.75 Å². The van der Waals surface area contributed by atoms with Crippen molar-refractivity contribution in [3.8, 4) is 22.6 Å². The molecule has 0 heterocycles. The van der Waals surface area contributed by atoms with Gasteiger partial charge in [-0.3, -0.25) is 0 Å². The molecule has 1 atom stereocenters. The van der Waals surface area contributed by atoms with E-state index in [0.29, 0.717) is 5.56 Å². The summed E-state index contributed by atoms with van der Waals surface area (Å²) in [6, 6.07) is 10.7. The molecule has 0 aliphatic heterocycles. The Bertz CT molecular complexity index is 523. The SMILES string of the molecule is [O-][NH+](O)c1cc(-c2ccc(O)cc2)ccc1O. The normalized spacial score (nSPS) is 12.4. The van der Waals surface area contributed by atoms with E-state index in [2.05, 4.69) is 0 Å². The van der Waals surface area contributed by atoms with Crippen molar-refractivity contribution in [2.45, 2.75) is 0 Å². The van der Waals surface area contributed by atoms with Gasteiger partial charge in [0.15, 0.2) is 5.75 Å². The summed E-state index contributed by atoms with van der Waals surface area (Å²) in [6.07, 6.45) is 0. The van der Waals surface area contributed by atoms with E-state index in [-0.39, 0.29) is 17.2 Å². The molecule has 0 bridgehead atoms. The Balaban J connectivity index is 2.46. The molecule has 4 N–H and O–H groups in total. The molecule has 5 heteroatoms. The van der Waals surface area contributed by atoms with Crippen LogP contribution in [0.1, 0.15) is 0 Å². The minimum absolute atomic E-state index is 0.143. The van der Waals surface area contributed by atoms with E-state index in [1.807, 2.05) is 0 Å². The molecule has 0 spiro atoms. The lowest BCUT2D eigenvalue weighted by atomic mass is 10.0. The minimum Gasteiger partial charge on any atom is -0.595 e. The Morgan fingerprint density at radius 3 is 2.06 bits per heavy atom. The highest BCUT2D eigenvalue weighted by Gasteiger charge is 2.10. The molecule has 0 amide bonds. The Morgan fingerprint density at radius 2 is 1.47 bits per heavy atom.